The number of anilines is 1. The van der Waals surface area contributed by atoms with Crippen LogP contribution in [0.25, 0.3) is 11.0 Å². The van der Waals surface area contributed by atoms with E-state index in [0.29, 0.717) is 29.2 Å². The fourth-order valence-electron chi connectivity index (χ4n) is 4.68. The van der Waals surface area contributed by atoms with E-state index in [1.54, 1.807) is 6.20 Å². The molecule has 0 aliphatic heterocycles. The molecule has 0 fully saturated rings. The lowest BCUT2D eigenvalue weighted by atomic mass is 10.1. The fourth-order valence-corrected chi connectivity index (χ4v) is 4.68. The van der Waals surface area contributed by atoms with Crippen molar-refractivity contribution >= 4 is 16.7 Å². The molecule has 33 heavy (non-hydrogen) atoms. The zero-order valence-corrected chi connectivity index (χ0v) is 19.1. The summed E-state index contributed by atoms with van der Waals surface area (Å²) >= 11 is 0. The first-order valence-electron chi connectivity index (χ1n) is 11.5. The second kappa shape index (κ2) is 9.15. The molecular formula is C25H29N7O. The molecule has 1 aliphatic rings. The van der Waals surface area contributed by atoms with Crippen LogP contribution in [0.3, 0.4) is 0 Å². The van der Waals surface area contributed by atoms with Crippen LogP contribution in [-0.2, 0) is 32.4 Å². The molecule has 0 spiro atoms. The number of hydrogen-bond donors (Lipinski definition) is 2. The van der Waals surface area contributed by atoms with Crippen LogP contribution in [0, 0.1) is 0 Å². The minimum Gasteiger partial charge on any atom is -0.380 e. The maximum atomic E-state index is 13.5. The summed E-state index contributed by atoms with van der Waals surface area (Å²) in [5.74, 6) is 0. The third-order valence-electron chi connectivity index (χ3n) is 6.40. The largest absolute Gasteiger partial charge is 0.380 e. The number of nitrogens with one attached hydrogen (secondary N) is 2. The summed E-state index contributed by atoms with van der Waals surface area (Å²) in [6, 6.07) is 10.8. The Labute approximate surface area is 192 Å². The van der Waals surface area contributed by atoms with E-state index in [-0.39, 0.29) is 5.43 Å². The zero-order chi connectivity index (χ0) is 22.8. The van der Waals surface area contributed by atoms with Crippen molar-refractivity contribution in [3.8, 4) is 0 Å². The Morgan fingerprint density at radius 3 is 2.67 bits per heavy atom. The first-order valence-corrected chi connectivity index (χ1v) is 11.5. The molecule has 0 atom stereocenters. The molecule has 170 valence electrons. The highest BCUT2D eigenvalue weighted by Gasteiger charge is 2.21. The topological polar surface area (TPSA) is 89.7 Å². The van der Waals surface area contributed by atoms with Gasteiger partial charge in [-0.1, -0.05) is 29.5 Å². The van der Waals surface area contributed by atoms with Crippen molar-refractivity contribution in [1.82, 2.24) is 29.9 Å². The molecular weight excluding hydrogens is 414 g/mol. The maximum Gasteiger partial charge on any atom is 0.196 e. The van der Waals surface area contributed by atoms with Crippen molar-refractivity contribution in [2.45, 2.75) is 45.3 Å². The third-order valence-corrected chi connectivity index (χ3v) is 6.40. The van der Waals surface area contributed by atoms with Crippen molar-refractivity contribution in [1.29, 1.82) is 0 Å². The van der Waals surface area contributed by atoms with Crippen molar-refractivity contribution in [3.63, 3.8) is 0 Å². The van der Waals surface area contributed by atoms with Gasteiger partial charge in [0.05, 0.1) is 35.7 Å². The first kappa shape index (κ1) is 21.3. The van der Waals surface area contributed by atoms with E-state index in [1.165, 1.54) is 11.1 Å². The monoisotopic (exact) mass is 443 g/mol. The lowest BCUT2D eigenvalue weighted by Crippen LogP contribution is -2.22. The van der Waals surface area contributed by atoms with Crippen LogP contribution in [0.1, 0.15) is 29.3 Å². The van der Waals surface area contributed by atoms with Gasteiger partial charge in [0.1, 0.15) is 5.65 Å². The standard InChI is InChI=1S/C25H29N7O/c1-3-31-15-19(16-32-22(8-9-26-2)14-28-30-32)24(33)23-12-21(13-27-25(23)31)29-20-10-17-6-4-5-7-18(17)11-20/h4-7,12-15,20,26,29H,3,8-11,16H2,1-2H3. The Morgan fingerprint density at radius 1 is 1.15 bits per heavy atom. The van der Waals surface area contributed by atoms with Gasteiger partial charge in [-0.2, -0.15) is 0 Å². The third kappa shape index (κ3) is 4.26. The second-order valence-corrected chi connectivity index (χ2v) is 8.62. The van der Waals surface area contributed by atoms with E-state index in [1.807, 2.05) is 34.8 Å². The smallest absolute Gasteiger partial charge is 0.196 e. The lowest BCUT2D eigenvalue weighted by Gasteiger charge is -2.16. The number of likely N-dealkylation sites (N-methyl/N-ethyl adjacent to an activating group) is 1. The second-order valence-electron chi connectivity index (χ2n) is 8.62. The molecule has 0 amide bonds. The van der Waals surface area contributed by atoms with Gasteiger partial charge in [-0.3, -0.25) is 4.79 Å². The zero-order valence-electron chi connectivity index (χ0n) is 19.1. The van der Waals surface area contributed by atoms with Crippen molar-refractivity contribution in [3.05, 3.63) is 81.5 Å². The molecule has 0 radical (unpaired) electrons. The number of benzene rings is 1. The summed E-state index contributed by atoms with van der Waals surface area (Å²) in [6.07, 6.45) is 8.27. The summed E-state index contributed by atoms with van der Waals surface area (Å²) in [6.45, 7) is 4.01. The van der Waals surface area contributed by atoms with Crippen LogP contribution in [0.2, 0.25) is 0 Å². The van der Waals surface area contributed by atoms with Gasteiger partial charge in [0.25, 0.3) is 0 Å². The molecule has 1 aliphatic carbocycles. The lowest BCUT2D eigenvalue weighted by molar-refractivity contribution is 0.603. The Hall–Kier alpha value is -3.52. The molecule has 5 rings (SSSR count). The van der Waals surface area contributed by atoms with Crippen LogP contribution in [0.5, 0.6) is 0 Å². The highest BCUT2D eigenvalue weighted by Crippen LogP contribution is 2.25. The van der Waals surface area contributed by atoms with Crippen molar-refractivity contribution < 1.29 is 0 Å². The average Bonchev–Trinajstić information content (AvgIpc) is 3.45. The Kier molecular flexibility index (Phi) is 5.92. The van der Waals surface area contributed by atoms with Crippen LogP contribution in [-0.4, -0.2) is 44.2 Å². The van der Waals surface area contributed by atoms with Crippen LogP contribution in [0.15, 0.2) is 53.7 Å². The molecule has 0 saturated heterocycles. The molecule has 8 heteroatoms. The predicted molar refractivity (Wildman–Crippen MR) is 130 cm³/mol. The van der Waals surface area contributed by atoms with Crippen molar-refractivity contribution in [2.24, 2.45) is 0 Å². The molecule has 8 nitrogen and oxygen atoms in total. The summed E-state index contributed by atoms with van der Waals surface area (Å²) in [7, 11) is 1.92. The Bertz CT molecular complexity index is 1320. The summed E-state index contributed by atoms with van der Waals surface area (Å²) < 4.78 is 3.84. The molecule has 4 aromatic rings. The minimum atomic E-state index is -0.00405. The van der Waals surface area contributed by atoms with E-state index >= 15 is 0 Å². The summed E-state index contributed by atoms with van der Waals surface area (Å²) in [4.78, 5) is 18.1. The number of fused-ring (bicyclic) bond motifs is 2. The van der Waals surface area contributed by atoms with Gasteiger partial charge in [-0.25, -0.2) is 9.67 Å². The van der Waals surface area contributed by atoms with Crippen LogP contribution >= 0.6 is 0 Å². The molecule has 2 N–H and O–H groups in total. The number of rotatable bonds is 8. The minimum absolute atomic E-state index is 0.00405. The maximum absolute atomic E-state index is 13.5. The number of pyridine rings is 2. The van der Waals surface area contributed by atoms with Gasteiger partial charge in [0.15, 0.2) is 5.43 Å². The molecule has 0 bridgehead atoms. The number of nitrogens with zero attached hydrogens (tertiary/aromatic N) is 5. The fraction of sp³-hybridized carbons (Fsp3) is 0.360. The highest BCUT2D eigenvalue weighted by atomic mass is 16.1. The molecule has 3 aromatic heterocycles. The Morgan fingerprint density at radius 2 is 1.94 bits per heavy atom. The molecule has 3 heterocycles. The quantitative estimate of drug-likeness (QED) is 0.435. The number of hydrogen-bond acceptors (Lipinski definition) is 6. The average molecular weight is 444 g/mol. The summed E-state index contributed by atoms with van der Waals surface area (Å²) in [5.41, 5.74) is 6.06. The van der Waals surface area contributed by atoms with E-state index in [4.69, 9.17) is 0 Å². The van der Waals surface area contributed by atoms with E-state index in [9.17, 15) is 4.79 Å². The van der Waals surface area contributed by atoms with Gasteiger partial charge >= 0.3 is 0 Å². The van der Waals surface area contributed by atoms with E-state index < -0.39 is 0 Å². The molecule has 0 saturated carbocycles. The predicted octanol–water partition coefficient (Wildman–Crippen LogP) is 2.40. The molecule has 0 unspecified atom stereocenters. The Balaban J connectivity index is 1.45. The van der Waals surface area contributed by atoms with Gasteiger partial charge in [0, 0.05) is 37.3 Å². The first-order chi connectivity index (χ1) is 16.2. The van der Waals surface area contributed by atoms with Gasteiger partial charge < -0.3 is 15.2 Å². The molecule has 1 aromatic carbocycles. The number of aromatic nitrogens is 5. The number of aryl methyl sites for hydroxylation is 1. The van der Waals surface area contributed by atoms with Gasteiger partial charge in [-0.15, -0.1) is 5.10 Å². The SMILES string of the molecule is CCn1cc(Cn2nncc2CCNC)c(=O)c2cc(NC3Cc4ccccc4C3)cnc21. The van der Waals surface area contributed by atoms with E-state index in [2.05, 4.69) is 57.1 Å². The normalized spacial score (nSPS) is 13.5. The van der Waals surface area contributed by atoms with Crippen LogP contribution < -0.4 is 16.1 Å². The van der Waals surface area contributed by atoms with E-state index in [0.717, 1.165) is 43.7 Å². The highest BCUT2D eigenvalue weighted by molar-refractivity contribution is 5.79. The van der Waals surface area contributed by atoms with Gasteiger partial charge in [0.2, 0.25) is 0 Å². The van der Waals surface area contributed by atoms with Gasteiger partial charge in [-0.05, 0) is 44.0 Å². The van der Waals surface area contributed by atoms with Crippen LogP contribution in [0.4, 0.5) is 5.69 Å². The van der Waals surface area contributed by atoms with Crippen molar-refractivity contribution in [2.75, 3.05) is 18.9 Å². The summed E-state index contributed by atoms with van der Waals surface area (Å²) in [5, 5.41) is 15.6.